The number of rotatable bonds is 1. The van der Waals surface area contributed by atoms with Crippen LogP contribution in [-0.4, -0.2) is 18.3 Å². The van der Waals surface area contributed by atoms with Crippen LogP contribution in [0.2, 0.25) is 0 Å². The van der Waals surface area contributed by atoms with Gasteiger partial charge < -0.3 is 13.7 Å². The Morgan fingerprint density at radius 1 is 0.944 bits per heavy atom. The predicted octanol–water partition coefficient (Wildman–Crippen LogP) is 2.73. The Bertz CT molecular complexity index is 569. The van der Waals surface area contributed by atoms with E-state index in [-0.39, 0.29) is 11.2 Å². The van der Waals surface area contributed by atoms with Gasteiger partial charge in [0.1, 0.15) is 5.66 Å². The van der Waals surface area contributed by atoms with Crippen LogP contribution in [0.15, 0.2) is 34.9 Å². The molecule has 2 aromatic rings. The highest BCUT2D eigenvalue weighted by Crippen LogP contribution is 2.37. The molecule has 1 aliphatic heterocycles. The van der Waals surface area contributed by atoms with E-state index < -0.39 is 7.12 Å². The summed E-state index contributed by atoms with van der Waals surface area (Å²) < 4.78 is 17.6. The molecular formula is C14H17BO3. The number of fused-ring (bicyclic) bond motifs is 1. The molecule has 0 N–H and O–H groups in total. The molecule has 0 atom stereocenters. The maximum atomic E-state index is 6.00. The molecule has 1 fully saturated rings. The molecule has 1 aromatic heterocycles. The van der Waals surface area contributed by atoms with E-state index in [2.05, 4.69) is 0 Å². The lowest BCUT2D eigenvalue weighted by Gasteiger charge is -2.32. The van der Waals surface area contributed by atoms with Crippen molar-refractivity contribution in [3.63, 3.8) is 0 Å². The van der Waals surface area contributed by atoms with Gasteiger partial charge in [-0.15, -0.1) is 0 Å². The van der Waals surface area contributed by atoms with E-state index in [1.54, 1.807) is 6.26 Å². The third-order valence-corrected chi connectivity index (χ3v) is 4.01. The molecule has 4 heteroatoms. The zero-order valence-electron chi connectivity index (χ0n) is 11.2. The Morgan fingerprint density at radius 2 is 1.56 bits per heavy atom. The van der Waals surface area contributed by atoms with Crippen molar-refractivity contribution >= 4 is 23.6 Å². The fourth-order valence-corrected chi connectivity index (χ4v) is 2.15. The second kappa shape index (κ2) is 3.62. The van der Waals surface area contributed by atoms with Crippen LogP contribution in [0, 0.1) is 0 Å². The summed E-state index contributed by atoms with van der Waals surface area (Å²) in [7, 11) is -0.435. The largest absolute Gasteiger partial charge is 0.533 e. The molecule has 94 valence electrons. The minimum Gasteiger partial charge on any atom is -0.472 e. The molecule has 1 saturated heterocycles. The Balaban J connectivity index is 2.03. The summed E-state index contributed by atoms with van der Waals surface area (Å²) in [4.78, 5) is 0. The summed E-state index contributed by atoms with van der Waals surface area (Å²) >= 11 is 0. The molecule has 2 heterocycles. The van der Waals surface area contributed by atoms with E-state index in [1.165, 1.54) is 0 Å². The summed E-state index contributed by atoms with van der Waals surface area (Å²) in [6, 6.07) is 8.03. The maximum absolute atomic E-state index is 6.00. The third kappa shape index (κ3) is 1.60. The van der Waals surface area contributed by atoms with Gasteiger partial charge in [-0.2, -0.15) is 0 Å². The summed E-state index contributed by atoms with van der Waals surface area (Å²) in [6.45, 7) is 8.16. The van der Waals surface area contributed by atoms with Gasteiger partial charge in [-0.05, 0) is 27.7 Å². The van der Waals surface area contributed by atoms with Gasteiger partial charge in [-0.1, -0.05) is 24.3 Å². The Morgan fingerprint density at radius 3 is 2.22 bits per heavy atom. The van der Waals surface area contributed by atoms with Crippen molar-refractivity contribution in [2.75, 3.05) is 0 Å². The van der Waals surface area contributed by atoms with Crippen LogP contribution in [0.1, 0.15) is 27.7 Å². The molecule has 3 nitrogen and oxygen atoms in total. The zero-order valence-corrected chi connectivity index (χ0v) is 11.2. The molecule has 0 radical (unpaired) electrons. The van der Waals surface area contributed by atoms with Crippen LogP contribution in [0.5, 0.6) is 0 Å². The predicted molar refractivity (Wildman–Crippen MR) is 71.9 cm³/mol. The lowest BCUT2D eigenvalue weighted by atomic mass is 9.83. The second-order valence-electron chi connectivity index (χ2n) is 5.78. The average molecular weight is 244 g/mol. The fraction of sp³-hybridized carbons (Fsp3) is 0.429. The molecule has 3 rings (SSSR count). The van der Waals surface area contributed by atoms with Crippen molar-refractivity contribution in [3.8, 4) is 0 Å². The van der Waals surface area contributed by atoms with E-state index in [4.69, 9.17) is 13.7 Å². The lowest BCUT2D eigenvalue weighted by Crippen LogP contribution is -2.41. The van der Waals surface area contributed by atoms with Crippen LogP contribution in [0.4, 0.5) is 0 Å². The monoisotopic (exact) mass is 244 g/mol. The second-order valence-corrected chi connectivity index (χ2v) is 5.78. The van der Waals surface area contributed by atoms with E-state index in [0.29, 0.717) is 0 Å². The highest BCUT2D eigenvalue weighted by Gasteiger charge is 2.53. The molecule has 1 aromatic carbocycles. The van der Waals surface area contributed by atoms with Gasteiger partial charge in [0.2, 0.25) is 0 Å². The van der Waals surface area contributed by atoms with Gasteiger partial charge >= 0.3 is 7.12 Å². The normalized spacial score (nSPS) is 21.7. The van der Waals surface area contributed by atoms with Crippen LogP contribution in [-0.2, 0) is 9.31 Å². The first-order valence-corrected chi connectivity index (χ1v) is 6.22. The van der Waals surface area contributed by atoms with E-state index >= 15 is 0 Å². The van der Waals surface area contributed by atoms with Crippen molar-refractivity contribution in [1.29, 1.82) is 0 Å². The summed E-state index contributed by atoms with van der Waals surface area (Å²) in [5.74, 6) is 0. The minimum absolute atomic E-state index is 0.342. The molecule has 0 bridgehead atoms. The van der Waals surface area contributed by atoms with Crippen molar-refractivity contribution < 1.29 is 13.7 Å². The van der Waals surface area contributed by atoms with E-state index in [1.807, 2.05) is 52.0 Å². The smallest absolute Gasteiger partial charge is 0.472 e. The quantitative estimate of drug-likeness (QED) is 0.723. The highest BCUT2D eigenvalue weighted by molar-refractivity contribution is 6.63. The SMILES string of the molecule is CC1(C)OB(c2occ3ccccc23)OC1(C)C. The lowest BCUT2D eigenvalue weighted by molar-refractivity contribution is 0.00578. The Labute approximate surface area is 107 Å². The Kier molecular flexibility index (Phi) is 2.38. The number of hydrogen-bond donors (Lipinski definition) is 0. The van der Waals surface area contributed by atoms with Gasteiger partial charge in [0.15, 0.2) is 0 Å². The first-order chi connectivity index (χ1) is 8.41. The topological polar surface area (TPSA) is 31.6 Å². The van der Waals surface area contributed by atoms with Crippen molar-refractivity contribution in [2.24, 2.45) is 0 Å². The van der Waals surface area contributed by atoms with Gasteiger partial charge in [0.25, 0.3) is 0 Å². The van der Waals surface area contributed by atoms with Gasteiger partial charge in [-0.25, -0.2) is 0 Å². The van der Waals surface area contributed by atoms with Gasteiger partial charge in [-0.3, -0.25) is 0 Å². The number of benzene rings is 1. The number of hydrogen-bond acceptors (Lipinski definition) is 3. The molecule has 0 aliphatic carbocycles. The standard InChI is InChI=1S/C14H17BO3/c1-13(2)14(3,4)18-15(17-13)12-11-8-6-5-7-10(11)9-16-12/h5-9H,1-4H3. The van der Waals surface area contributed by atoms with Crippen molar-refractivity contribution in [3.05, 3.63) is 30.5 Å². The molecule has 0 amide bonds. The van der Waals surface area contributed by atoms with Crippen LogP contribution in [0.25, 0.3) is 10.8 Å². The third-order valence-electron chi connectivity index (χ3n) is 4.01. The molecule has 1 aliphatic rings. The average Bonchev–Trinajstić information content (AvgIpc) is 2.78. The van der Waals surface area contributed by atoms with Crippen molar-refractivity contribution in [1.82, 2.24) is 0 Å². The molecule has 0 saturated carbocycles. The zero-order chi connectivity index (χ0) is 13.0. The van der Waals surface area contributed by atoms with Gasteiger partial charge in [0.05, 0.1) is 17.5 Å². The Hall–Kier alpha value is -1.26. The molecule has 0 unspecified atom stereocenters. The molecular weight excluding hydrogens is 227 g/mol. The maximum Gasteiger partial charge on any atom is 0.533 e. The van der Waals surface area contributed by atoms with E-state index in [0.717, 1.165) is 16.4 Å². The van der Waals surface area contributed by atoms with Crippen molar-refractivity contribution in [2.45, 2.75) is 38.9 Å². The first kappa shape index (κ1) is 11.8. The summed E-state index contributed by atoms with van der Waals surface area (Å²) in [5, 5.41) is 2.12. The highest BCUT2D eigenvalue weighted by atomic mass is 16.7. The number of furan rings is 1. The fourth-order valence-electron chi connectivity index (χ4n) is 2.15. The summed E-state index contributed by atoms with van der Waals surface area (Å²) in [6.07, 6.45) is 1.75. The minimum atomic E-state index is -0.435. The van der Waals surface area contributed by atoms with Crippen LogP contribution >= 0.6 is 0 Å². The molecule has 0 spiro atoms. The van der Waals surface area contributed by atoms with Gasteiger partial charge in [0, 0.05) is 10.8 Å². The van der Waals surface area contributed by atoms with E-state index in [9.17, 15) is 0 Å². The van der Waals surface area contributed by atoms with Crippen LogP contribution in [0.3, 0.4) is 0 Å². The van der Waals surface area contributed by atoms with Crippen LogP contribution < -0.4 is 5.66 Å². The summed E-state index contributed by atoms with van der Waals surface area (Å²) in [5.41, 5.74) is 0.0705. The molecule has 18 heavy (non-hydrogen) atoms. The first-order valence-electron chi connectivity index (χ1n) is 6.22.